The Morgan fingerprint density at radius 3 is 2.82 bits per heavy atom. The van der Waals surface area contributed by atoms with Crippen molar-refractivity contribution in [1.82, 2.24) is 4.98 Å². The van der Waals surface area contributed by atoms with E-state index in [1.165, 1.54) is 25.3 Å². The molecule has 0 saturated heterocycles. The number of aromatic nitrogens is 1. The molecular formula is C13H19NO3. The van der Waals surface area contributed by atoms with Gasteiger partial charge in [0, 0.05) is 6.20 Å². The molecular weight excluding hydrogens is 218 g/mol. The topological polar surface area (TPSA) is 59.4 Å². The van der Waals surface area contributed by atoms with Gasteiger partial charge in [0.05, 0.1) is 6.61 Å². The van der Waals surface area contributed by atoms with E-state index in [2.05, 4.69) is 11.9 Å². The number of ether oxygens (including phenoxy) is 1. The molecule has 1 rings (SSSR count). The Labute approximate surface area is 102 Å². The maximum atomic E-state index is 10.9. The standard InChI is InChI=1S/C13H19NO3/c1-2-3-4-5-6-10-17-12-11(13(15)16)8-7-9-14-12/h7-9H,2-6,10H2,1H3,(H,15,16). The van der Waals surface area contributed by atoms with E-state index < -0.39 is 5.97 Å². The number of rotatable bonds is 8. The van der Waals surface area contributed by atoms with Crippen molar-refractivity contribution in [3.05, 3.63) is 23.9 Å². The molecule has 0 aromatic carbocycles. The second kappa shape index (κ2) is 7.65. The molecule has 0 radical (unpaired) electrons. The number of carboxylic acid groups (broad SMARTS) is 1. The van der Waals surface area contributed by atoms with E-state index in [0.717, 1.165) is 12.8 Å². The highest BCUT2D eigenvalue weighted by Gasteiger charge is 2.11. The molecule has 0 spiro atoms. The van der Waals surface area contributed by atoms with Gasteiger partial charge in [0.1, 0.15) is 5.56 Å². The van der Waals surface area contributed by atoms with Crippen molar-refractivity contribution in [2.24, 2.45) is 0 Å². The van der Waals surface area contributed by atoms with Gasteiger partial charge < -0.3 is 9.84 Å². The third-order valence-electron chi connectivity index (χ3n) is 2.49. The Morgan fingerprint density at radius 1 is 1.35 bits per heavy atom. The summed E-state index contributed by atoms with van der Waals surface area (Å²) in [6, 6.07) is 3.10. The second-order valence-corrected chi connectivity index (χ2v) is 3.92. The minimum absolute atomic E-state index is 0.126. The van der Waals surface area contributed by atoms with Crippen LogP contribution in [0, 0.1) is 0 Å². The molecule has 0 unspecified atom stereocenters. The molecule has 0 bridgehead atoms. The zero-order chi connectivity index (χ0) is 12.5. The first-order valence-electron chi connectivity index (χ1n) is 6.06. The van der Waals surface area contributed by atoms with Crippen LogP contribution >= 0.6 is 0 Å². The number of hydrogen-bond acceptors (Lipinski definition) is 3. The van der Waals surface area contributed by atoms with Gasteiger partial charge in [0.15, 0.2) is 0 Å². The van der Waals surface area contributed by atoms with Crippen molar-refractivity contribution in [3.63, 3.8) is 0 Å². The van der Waals surface area contributed by atoms with Gasteiger partial charge >= 0.3 is 5.97 Å². The molecule has 0 aliphatic carbocycles. The van der Waals surface area contributed by atoms with Crippen molar-refractivity contribution in [3.8, 4) is 5.88 Å². The highest BCUT2D eigenvalue weighted by atomic mass is 16.5. The maximum absolute atomic E-state index is 10.9. The molecule has 1 aromatic heterocycles. The number of pyridine rings is 1. The molecule has 4 heteroatoms. The van der Waals surface area contributed by atoms with E-state index in [1.54, 1.807) is 12.3 Å². The van der Waals surface area contributed by atoms with E-state index in [4.69, 9.17) is 9.84 Å². The Balaban J connectivity index is 2.34. The lowest BCUT2D eigenvalue weighted by molar-refractivity contribution is 0.0691. The van der Waals surface area contributed by atoms with Gasteiger partial charge in [-0.15, -0.1) is 0 Å². The minimum Gasteiger partial charge on any atom is -0.477 e. The molecule has 1 aromatic rings. The minimum atomic E-state index is -1.00. The van der Waals surface area contributed by atoms with Gasteiger partial charge in [-0.25, -0.2) is 9.78 Å². The molecule has 1 heterocycles. The van der Waals surface area contributed by atoms with Gasteiger partial charge in [0.25, 0.3) is 0 Å². The van der Waals surface area contributed by atoms with Gasteiger partial charge in [-0.05, 0) is 18.6 Å². The molecule has 0 saturated carbocycles. The quantitative estimate of drug-likeness (QED) is 0.706. The average molecular weight is 237 g/mol. The van der Waals surface area contributed by atoms with Crippen LogP contribution in [-0.4, -0.2) is 22.7 Å². The highest BCUT2D eigenvalue weighted by molar-refractivity contribution is 5.90. The Bertz CT molecular complexity index is 352. The van der Waals surface area contributed by atoms with Crippen LogP contribution in [-0.2, 0) is 0 Å². The van der Waals surface area contributed by atoms with Gasteiger partial charge in [-0.3, -0.25) is 0 Å². The van der Waals surface area contributed by atoms with Crippen molar-refractivity contribution in [2.75, 3.05) is 6.61 Å². The summed E-state index contributed by atoms with van der Waals surface area (Å²) in [5, 5.41) is 8.92. The predicted octanol–water partition coefficient (Wildman–Crippen LogP) is 3.13. The normalized spacial score (nSPS) is 10.2. The zero-order valence-electron chi connectivity index (χ0n) is 10.2. The molecule has 0 fully saturated rings. The molecule has 0 amide bonds. The average Bonchev–Trinajstić information content (AvgIpc) is 2.34. The summed E-state index contributed by atoms with van der Waals surface area (Å²) in [6.07, 6.45) is 7.25. The summed E-state index contributed by atoms with van der Waals surface area (Å²) in [5.41, 5.74) is 0.126. The van der Waals surface area contributed by atoms with Crippen LogP contribution in [0.4, 0.5) is 0 Å². The van der Waals surface area contributed by atoms with Gasteiger partial charge in [0.2, 0.25) is 5.88 Å². The SMILES string of the molecule is CCCCCCCOc1ncccc1C(=O)O. The summed E-state index contributed by atoms with van der Waals surface area (Å²) in [7, 11) is 0. The number of unbranched alkanes of at least 4 members (excludes halogenated alkanes) is 4. The van der Waals surface area contributed by atoms with Crippen LogP contribution in [0.15, 0.2) is 18.3 Å². The number of hydrogen-bond donors (Lipinski definition) is 1. The molecule has 0 aliphatic rings. The third-order valence-corrected chi connectivity index (χ3v) is 2.49. The van der Waals surface area contributed by atoms with Gasteiger partial charge in [-0.2, -0.15) is 0 Å². The number of carbonyl (C=O) groups is 1. The highest BCUT2D eigenvalue weighted by Crippen LogP contribution is 2.14. The van der Waals surface area contributed by atoms with Crippen LogP contribution in [0.2, 0.25) is 0 Å². The van der Waals surface area contributed by atoms with Crippen LogP contribution in [0.3, 0.4) is 0 Å². The van der Waals surface area contributed by atoms with E-state index in [0.29, 0.717) is 6.61 Å². The van der Waals surface area contributed by atoms with Crippen LogP contribution < -0.4 is 4.74 Å². The van der Waals surface area contributed by atoms with Crippen LogP contribution in [0.1, 0.15) is 49.4 Å². The summed E-state index contributed by atoms with van der Waals surface area (Å²) < 4.78 is 5.39. The second-order valence-electron chi connectivity index (χ2n) is 3.92. The Kier molecular flexibility index (Phi) is 6.07. The molecule has 4 nitrogen and oxygen atoms in total. The number of nitrogens with zero attached hydrogens (tertiary/aromatic N) is 1. The van der Waals surface area contributed by atoms with E-state index in [-0.39, 0.29) is 11.4 Å². The Hall–Kier alpha value is -1.58. The van der Waals surface area contributed by atoms with Gasteiger partial charge in [-0.1, -0.05) is 32.6 Å². The number of carboxylic acids is 1. The monoisotopic (exact) mass is 237 g/mol. The fraction of sp³-hybridized carbons (Fsp3) is 0.538. The van der Waals surface area contributed by atoms with E-state index in [1.807, 2.05) is 0 Å². The molecule has 0 aliphatic heterocycles. The Morgan fingerprint density at radius 2 is 2.12 bits per heavy atom. The van der Waals surface area contributed by atoms with Crippen molar-refractivity contribution in [1.29, 1.82) is 0 Å². The smallest absolute Gasteiger partial charge is 0.341 e. The lowest BCUT2D eigenvalue weighted by Gasteiger charge is -2.07. The van der Waals surface area contributed by atoms with Crippen LogP contribution in [0.5, 0.6) is 5.88 Å². The summed E-state index contributed by atoms with van der Waals surface area (Å²) in [5.74, 6) is -0.783. The maximum Gasteiger partial charge on any atom is 0.341 e. The summed E-state index contributed by atoms with van der Waals surface area (Å²) >= 11 is 0. The van der Waals surface area contributed by atoms with Crippen molar-refractivity contribution < 1.29 is 14.6 Å². The number of aromatic carboxylic acids is 1. The van der Waals surface area contributed by atoms with Crippen molar-refractivity contribution in [2.45, 2.75) is 39.0 Å². The van der Waals surface area contributed by atoms with Crippen molar-refractivity contribution >= 4 is 5.97 Å². The molecule has 17 heavy (non-hydrogen) atoms. The summed E-state index contributed by atoms with van der Waals surface area (Å²) in [6.45, 7) is 2.70. The first-order valence-corrected chi connectivity index (χ1v) is 6.06. The summed E-state index contributed by atoms with van der Waals surface area (Å²) in [4.78, 5) is 14.8. The third kappa shape index (κ3) is 4.85. The molecule has 94 valence electrons. The lowest BCUT2D eigenvalue weighted by Crippen LogP contribution is -2.06. The van der Waals surface area contributed by atoms with Crippen LogP contribution in [0.25, 0.3) is 0 Å². The molecule has 0 atom stereocenters. The fourth-order valence-corrected chi connectivity index (χ4v) is 1.54. The van der Waals surface area contributed by atoms with E-state index in [9.17, 15) is 4.79 Å². The largest absolute Gasteiger partial charge is 0.477 e. The molecule has 1 N–H and O–H groups in total. The first-order chi connectivity index (χ1) is 8.25. The fourth-order valence-electron chi connectivity index (χ4n) is 1.54. The zero-order valence-corrected chi connectivity index (χ0v) is 10.2. The van der Waals surface area contributed by atoms with E-state index >= 15 is 0 Å². The lowest BCUT2D eigenvalue weighted by atomic mass is 10.2. The first kappa shape index (κ1) is 13.5. The predicted molar refractivity (Wildman–Crippen MR) is 65.5 cm³/mol.